The summed E-state index contributed by atoms with van der Waals surface area (Å²) in [7, 11) is 1.65. The zero-order chi connectivity index (χ0) is 52.1. The highest BCUT2D eigenvalue weighted by molar-refractivity contribution is 5.68. The van der Waals surface area contributed by atoms with Crippen LogP contribution in [0.15, 0.2) is 9.98 Å². The normalized spacial score (nSPS) is 27.4. The summed E-state index contributed by atoms with van der Waals surface area (Å²) in [6.07, 6.45) is 22.2. The average molecular weight is 1050 g/mol. The Morgan fingerprint density at radius 1 is 0.514 bits per heavy atom. The molecule has 1 saturated heterocycles. The zero-order valence-electron chi connectivity index (χ0n) is 46.2. The maximum Gasteiger partial charge on any atom is 0.407 e. The van der Waals surface area contributed by atoms with E-state index in [1.807, 2.05) is 0 Å². The fourth-order valence-electron chi connectivity index (χ4n) is 11.0. The highest BCUT2D eigenvalue weighted by Crippen LogP contribution is 2.38. The van der Waals surface area contributed by atoms with Gasteiger partial charge in [0, 0.05) is 44.9 Å². The van der Waals surface area contributed by atoms with Crippen LogP contribution in [0.3, 0.4) is 0 Å². The van der Waals surface area contributed by atoms with Crippen LogP contribution < -0.4 is 10.6 Å². The number of ether oxygens (including phenoxy) is 11. The van der Waals surface area contributed by atoms with E-state index < -0.39 is 0 Å². The van der Waals surface area contributed by atoms with Crippen LogP contribution in [0.25, 0.3) is 0 Å². The molecule has 0 radical (unpaired) electrons. The SMILES string of the molecule is CCCCOCC(CN1CC1C)OC(=O)NC1CCC(CC2CCC(N=C=NC3CCC(CC4CCC(NC(=O)OCCOCCOCCOCCOCCOCCOCCOCCOC)CC4)CC3)CC2)CC1. The fraction of sp³-hybridized carbons (Fsp3) is 0.946. The predicted molar refractivity (Wildman–Crippen MR) is 284 cm³/mol. The van der Waals surface area contributed by atoms with Crippen molar-refractivity contribution in [1.82, 2.24) is 15.5 Å². The molecule has 5 fully saturated rings. The Labute approximate surface area is 445 Å². The van der Waals surface area contributed by atoms with Crippen molar-refractivity contribution >= 4 is 18.2 Å². The first-order valence-corrected chi connectivity index (χ1v) is 29.3. The van der Waals surface area contributed by atoms with E-state index in [0.29, 0.717) is 124 Å². The third-order valence-corrected chi connectivity index (χ3v) is 15.6. The molecule has 5 rings (SSSR count). The first-order chi connectivity index (χ1) is 36.4. The van der Waals surface area contributed by atoms with Crippen molar-refractivity contribution < 1.29 is 61.7 Å². The van der Waals surface area contributed by atoms with Crippen LogP contribution in [0.5, 0.6) is 0 Å². The third-order valence-electron chi connectivity index (χ3n) is 15.6. The van der Waals surface area contributed by atoms with E-state index in [-0.39, 0.29) is 37.0 Å². The lowest BCUT2D eigenvalue weighted by Gasteiger charge is -2.33. The molecule has 0 spiro atoms. The van der Waals surface area contributed by atoms with E-state index in [2.05, 4.69) is 35.4 Å². The molecule has 4 saturated carbocycles. The molecule has 0 aromatic carbocycles. The first-order valence-electron chi connectivity index (χ1n) is 29.3. The van der Waals surface area contributed by atoms with Gasteiger partial charge in [-0.05, 0) is 153 Å². The number of nitrogens with one attached hydrogen (secondary N) is 2. The van der Waals surface area contributed by atoms with Crippen LogP contribution in [-0.4, -0.2) is 199 Å². The van der Waals surface area contributed by atoms with E-state index >= 15 is 0 Å². The average Bonchev–Trinajstić information content (AvgIpc) is 4.11. The summed E-state index contributed by atoms with van der Waals surface area (Å²) >= 11 is 0. The monoisotopic (exact) mass is 1050 g/mol. The van der Waals surface area contributed by atoms with Gasteiger partial charge in [0.15, 0.2) is 0 Å². The topological polar surface area (TPSA) is 187 Å². The molecule has 1 heterocycles. The molecule has 428 valence electrons. The number of methoxy groups -OCH3 is 1. The van der Waals surface area contributed by atoms with Gasteiger partial charge in [-0.2, -0.15) is 0 Å². The van der Waals surface area contributed by atoms with Crippen molar-refractivity contribution in [1.29, 1.82) is 0 Å². The third kappa shape index (κ3) is 29.3. The fourth-order valence-corrected chi connectivity index (χ4v) is 11.0. The Morgan fingerprint density at radius 3 is 1.28 bits per heavy atom. The van der Waals surface area contributed by atoms with E-state index in [4.69, 9.17) is 62.1 Å². The van der Waals surface area contributed by atoms with Crippen molar-refractivity contribution in [3.8, 4) is 0 Å². The van der Waals surface area contributed by atoms with Crippen molar-refractivity contribution in [3.63, 3.8) is 0 Å². The second kappa shape index (κ2) is 39.8. The van der Waals surface area contributed by atoms with Crippen LogP contribution >= 0.6 is 0 Å². The molecule has 5 aliphatic rings. The van der Waals surface area contributed by atoms with Crippen molar-refractivity contribution in [2.24, 2.45) is 33.7 Å². The summed E-state index contributed by atoms with van der Waals surface area (Å²) in [5, 5.41) is 6.26. The summed E-state index contributed by atoms with van der Waals surface area (Å²) in [4.78, 5) is 37.2. The number of alkyl carbamates (subject to hydrolysis) is 2. The van der Waals surface area contributed by atoms with Crippen LogP contribution in [0.1, 0.15) is 142 Å². The van der Waals surface area contributed by atoms with Gasteiger partial charge in [-0.25, -0.2) is 19.6 Å². The van der Waals surface area contributed by atoms with Gasteiger partial charge in [-0.15, -0.1) is 0 Å². The second-order valence-electron chi connectivity index (χ2n) is 21.6. The number of rotatable bonds is 40. The van der Waals surface area contributed by atoms with Crippen LogP contribution in [0.4, 0.5) is 9.59 Å². The number of unbranched alkanes of at least 4 members (excludes halogenated alkanes) is 1. The Kier molecular flexibility index (Phi) is 33.6. The van der Waals surface area contributed by atoms with E-state index in [1.165, 1.54) is 51.4 Å². The Hall–Kier alpha value is -2.48. The van der Waals surface area contributed by atoms with Crippen LogP contribution in [0, 0.1) is 23.7 Å². The minimum Gasteiger partial charge on any atom is -0.447 e. The lowest BCUT2D eigenvalue weighted by atomic mass is 9.76. The Bertz CT molecular complexity index is 1480. The molecule has 3 unspecified atom stereocenters. The summed E-state index contributed by atoms with van der Waals surface area (Å²) in [6, 6.07) is 4.86. The number of aliphatic imine (C=N–C) groups is 2. The molecule has 18 heteroatoms. The lowest BCUT2D eigenvalue weighted by Crippen LogP contribution is -2.42. The number of carbonyl (C=O) groups is 2. The summed E-state index contributed by atoms with van der Waals surface area (Å²) in [6.45, 7) is 15.1. The summed E-state index contributed by atoms with van der Waals surface area (Å²) < 4.78 is 60.3. The Morgan fingerprint density at radius 2 is 0.892 bits per heavy atom. The lowest BCUT2D eigenvalue weighted by molar-refractivity contribution is -0.0231. The van der Waals surface area contributed by atoms with Crippen molar-refractivity contribution in [3.05, 3.63) is 0 Å². The van der Waals surface area contributed by atoms with E-state index in [0.717, 1.165) is 120 Å². The highest BCUT2D eigenvalue weighted by atomic mass is 16.6. The second-order valence-corrected chi connectivity index (χ2v) is 21.6. The smallest absolute Gasteiger partial charge is 0.407 e. The molecular weight excluding hydrogens is 951 g/mol. The van der Waals surface area contributed by atoms with Gasteiger partial charge >= 0.3 is 12.2 Å². The van der Waals surface area contributed by atoms with Crippen molar-refractivity contribution in [2.75, 3.05) is 139 Å². The number of hydrogen-bond donors (Lipinski definition) is 2. The quantitative estimate of drug-likeness (QED) is 0.0339. The molecule has 2 N–H and O–H groups in total. The molecule has 74 heavy (non-hydrogen) atoms. The van der Waals surface area contributed by atoms with E-state index in [1.54, 1.807) is 7.11 Å². The van der Waals surface area contributed by atoms with Crippen LogP contribution in [-0.2, 0) is 52.1 Å². The van der Waals surface area contributed by atoms with Gasteiger partial charge in [-0.3, -0.25) is 4.90 Å². The van der Waals surface area contributed by atoms with Gasteiger partial charge in [-0.1, -0.05) is 13.3 Å². The van der Waals surface area contributed by atoms with E-state index in [9.17, 15) is 9.59 Å². The number of hydrogen-bond acceptors (Lipinski definition) is 16. The highest BCUT2D eigenvalue weighted by Gasteiger charge is 2.34. The minimum atomic E-state index is -0.358. The molecule has 0 aromatic heterocycles. The summed E-state index contributed by atoms with van der Waals surface area (Å²) in [5.41, 5.74) is 0. The molecule has 4 aliphatic carbocycles. The first kappa shape index (κ1) is 62.4. The van der Waals surface area contributed by atoms with Gasteiger partial charge in [0.2, 0.25) is 0 Å². The molecule has 18 nitrogen and oxygen atoms in total. The minimum absolute atomic E-state index is 0.182. The molecular formula is C56H101N5O13. The molecule has 1 aliphatic heterocycles. The predicted octanol–water partition coefficient (Wildman–Crippen LogP) is 8.28. The maximum atomic E-state index is 12.8. The largest absolute Gasteiger partial charge is 0.447 e. The molecule has 0 aromatic rings. The van der Waals surface area contributed by atoms with Gasteiger partial charge in [0.25, 0.3) is 0 Å². The number of nitrogens with zero attached hydrogens (tertiary/aromatic N) is 3. The molecule has 3 atom stereocenters. The molecule has 0 bridgehead atoms. The maximum absolute atomic E-state index is 12.8. The van der Waals surface area contributed by atoms with Crippen LogP contribution in [0.2, 0.25) is 0 Å². The van der Waals surface area contributed by atoms with Gasteiger partial charge < -0.3 is 62.7 Å². The van der Waals surface area contributed by atoms with Gasteiger partial charge in [0.1, 0.15) is 12.7 Å². The zero-order valence-corrected chi connectivity index (χ0v) is 46.2. The number of amides is 2. The summed E-state index contributed by atoms with van der Waals surface area (Å²) in [5.74, 6) is 3.05. The number of carbonyl (C=O) groups excluding carboxylic acids is 2. The van der Waals surface area contributed by atoms with Gasteiger partial charge in [0.05, 0.1) is 124 Å². The molecule has 2 amide bonds. The Balaban J connectivity index is 0.768. The standard InChI is InChI=1S/C56H101N5O13/c1-4-5-22-72-43-54(42-61-41-45(61)2)74-56(63)60-53-20-12-49(13-21-53)40-47-8-16-51(17-9-47)58-44-57-50-14-6-46(7-15-50)39-48-10-18-52(19-11-48)59-55(62)73-38-37-71-36-35-70-34-33-69-32-31-68-30-29-67-28-27-66-26-25-65-24-23-64-3/h45-54H,4-43H2,1-3H3,(H,59,62)(H,60,63). The van der Waals surface area contributed by atoms with Crippen molar-refractivity contribution in [2.45, 2.75) is 179 Å².